The highest BCUT2D eigenvalue weighted by Gasteiger charge is 2.15. The number of aliphatic hydroxyl groups is 1. The van der Waals surface area contributed by atoms with Crippen molar-refractivity contribution in [2.75, 3.05) is 0 Å². The largest absolute Gasteiger partial charge is 0.388 e. The van der Waals surface area contributed by atoms with Crippen molar-refractivity contribution >= 4 is 43.2 Å². The summed E-state index contributed by atoms with van der Waals surface area (Å²) in [6.07, 6.45) is 3.59. The Bertz CT molecular complexity index is 472. The van der Waals surface area contributed by atoms with Gasteiger partial charge in [0.15, 0.2) is 0 Å². The first-order chi connectivity index (χ1) is 7.66. The number of rotatable bonds is 3. The number of aromatic nitrogens is 1. The SMILES string of the molecule is OC(Cc1cccnc1)c1cc(Br)sc1Br. The molecule has 1 unspecified atom stereocenters. The third kappa shape index (κ3) is 2.91. The summed E-state index contributed by atoms with van der Waals surface area (Å²) in [6.45, 7) is 0. The van der Waals surface area contributed by atoms with E-state index in [0.29, 0.717) is 6.42 Å². The Kier molecular flexibility index (Phi) is 4.13. The van der Waals surface area contributed by atoms with Gasteiger partial charge in [-0.15, -0.1) is 11.3 Å². The standard InChI is InChI=1S/C11H9Br2NOS/c12-10-5-8(11(13)16-10)9(15)4-7-2-1-3-14-6-7/h1-3,5-6,9,15H,4H2. The Morgan fingerprint density at radius 2 is 2.25 bits per heavy atom. The Morgan fingerprint density at radius 1 is 1.44 bits per heavy atom. The van der Waals surface area contributed by atoms with E-state index >= 15 is 0 Å². The summed E-state index contributed by atoms with van der Waals surface area (Å²) in [5.41, 5.74) is 1.95. The molecule has 2 nitrogen and oxygen atoms in total. The van der Waals surface area contributed by atoms with Gasteiger partial charge in [0.05, 0.1) is 13.7 Å². The molecule has 0 aliphatic carbocycles. The van der Waals surface area contributed by atoms with E-state index < -0.39 is 6.10 Å². The Morgan fingerprint density at radius 3 is 2.81 bits per heavy atom. The lowest BCUT2D eigenvalue weighted by atomic mass is 10.1. The summed E-state index contributed by atoms with van der Waals surface area (Å²) in [4.78, 5) is 4.03. The van der Waals surface area contributed by atoms with Gasteiger partial charge in [0.2, 0.25) is 0 Å². The highest BCUT2D eigenvalue weighted by molar-refractivity contribution is 9.12. The van der Waals surface area contributed by atoms with E-state index in [2.05, 4.69) is 36.8 Å². The Balaban J connectivity index is 2.14. The molecule has 84 valence electrons. The van der Waals surface area contributed by atoms with Crippen molar-refractivity contribution in [2.24, 2.45) is 0 Å². The van der Waals surface area contributed by atoms with Gasteiger partial charge in [0.1, 0.15) is 0 Å². The van der Waals surface area contributed by atoms with Crippen LogP contribution in [0.25, 0.3) is 0 Å². The molecule has 16 heavy (non-hydrogen) atoms. The lowest BCUT2D eigenvalue weighted by molar-refractivity contribution is 0.178. The molecule has 1 N–H and O–H groups in total. The van der Waals surface area contributed by atoms with Crippen LogP contribution < -0.4 is 0 Å². The van der Waals surface area contributed by atoms with Crippen molar-refractivity contribution in [1.82, 2.24) is 4.98 Å². The summed E-state index contributed by atoms with van der Waals surface area (Å²) in [7, 11) is 0. The smallest absolute Gasteiger partial charge is 0.0850 e. The molecule has 0 saturated heterocycles. The first kappa shape index (κ1) is 12.2. The fourth-order valence-electron chi connectivity index (χ4n) is 1.43. The van der Waals surface area contributed by atoms with E-state index in [-0.39, 0.29) is 0 Å². The second-order valence-electron chi connectivity index (χ2n) is 3.36. The maximum Gasteiger partial charge on any atom is 0.0850 e. The summed E-state index contributed by atoms with van der Waals surface area (Å²) >= 11 is 8.41. The highest BCUT2D eigenvalue weighted by Crippen LogP contribution is 2.36. The van der Waals surface area contributed by atoms with Gasteiger partial charge < -0.3 is 5.11 Å². The first-order valence-electron chi connectivity index (χ1n) is 4.68. The molecule has 0 aromatic carbocycles. The van der Waals surface area contributed by atoms with Crippen LogP contribution in [0.1, 0.15) is 17.2 Å². The zero-order valence-electron chi connectivity index (χ0n) is 8.23. The van der Waals surface area contributed by atoms with Gasteiger partial charge in [0.25, 0.3) is 0 Å². The van der Waals surface area contributed by atoms with Crippen LogP contribution in [-0.4, -0.2) is 10.1 Å². The number of nitrogens with zero attached hydrogens (tertiary/aromatic N) is 1. The second-order valence-corrected chi connectivity index (χ2v) is 7.11. The first-order valence-corrected chi connectivity index (χ1v) is 7.09. The molecule has 0 aliphatic rings. The zero-order chi connectivity index (χ0) is 11.5. The molecular formula is C11H9Br2NOS. The van der Waals surface area contributed by atoms with Crippen molar-refractivity contribution in [1.29, 1.82) is 0 Å². The molecule has 0 bridgehead atoms. The predicted molar refractivity (Wildman–Crippen MR) is 72.6 cm³/mol. The van der Waals surface area contributed by atoms with Crippen molar-refractivity contribution < 1.29 is 5.11 Å². The van der Waals surface area contributed by atoms with E-state index in [1.54, 1.807) is 23.7 Å². The number of hydrogen-bond donors (Lipinski definition) is 1. The van der Waals surface area contributed by atoms with Crippen molar-refractivity contribution in [3.05, 3.63) is 49.3 Å². The van der Waals surface area contributed by atoms with Gasteiger partial charge in [-0.1, -0.05) is 6.07 Å². The lowest BCUT2D eigenvalue weighted by Crippen LogP contribution is -2.01. The van der Waals surface area contributed by atoms with Crippen LogP contribution in [0.4, 0.5) is 0 Å². The van der Waals surface area contributed by atoms with Gasteiger partial charge in [-0.2, -0.15) is 0 Å². The van der Waals surface area contributed by atoms with Gasteiger partial charge in [-0.05, 0) is 49.6 Å². The zero-order valence-corrected chi connectivity index (χ0v) is 12.2. The highest BCUT2D eigenvalue weighted by atomic mass is 79.9. The lowest BCUT2D eigenvalue weighted by Gasteiger charge is -2.09. The van der Waals surface area contributed by atoms with Crippen molar-refractivity contribution in [2.45, 2.75) is 12.5 Å². The maximum atomic E-state index is 10.1. The van der Waals surface area contributed by atoms with Crippen LogP contribution in [0, 0.1) is 0 Å². The predicted octanol–water partition coefficient (Wildman–Crippen LogP) is 3.94. The summed E-state index contributed by atoms with van der Waals surface area (Å²) in [5.74, 6) is 0. The fraction of sp³-hybridized carbons (Fsp3) is 0.182. The van der Waals surface area contributed by atoms with Crippen LogP contribution in [0.3, 0.4) is 0 Å². The normalized spacial score (nSPS) is 12.7. The monoisotopic (exact) mass is 361 g/mol. The summed E-state index contributed by atoms with van der Waals surface area (Å²) < 4.78 is 1.98. The van der Waals surface area contributed by atoms with E-state index in [0.717, 1.165) is 18.7 Å². The van der Waals surface area contributed by atoms with E-state index in [4.69, 9.17) is 0 Å². The molecule has 0 radical (unpaired) electrons. The van der Waals surface area contributed by atoms with Gasteiger partial charge in [0, 0.05) is 24.4 Å². The van der Waals surface area contributed by atoms with Crippen LogP contribution in [0.15, 0.2) is 38.2 Å². The van der Waals surface area contributed by atoms with Crippen LogP contribution in [-0.2, 0) is 6.42 Å². The van der Waals surface area contributed by atoms with Gasteiger partial charge in [-0.25, -0.2) is 0 Å². The molecule has 0 spiro atoms. The number of pyridine rings is 1. The minimum Gasteiger partial charge on any atom is -0.388 e. The van der Waals surface area contributed by atoms with E-state index in [1.807, 2.05) is 18.2 Å². The Hall–Kier alpha value is -0.230. The van der Waals surface area contributed by atoms with Gasteiger partial charge in [-0.3, -0.25) is 4.98 Å². The molecule has 5 heteroatoms. The molecular weight excluding hydrogens is 354 g/mol. The fourth-order valence-corrected chi connectivity index (χ4v) is 4.39. The third-order valence-corrected chi connectivity index (χ3v) is 4.58. The van der Waals surface area contributed by atoms with Gasteiger partial charge >= 0.3 is 0 Å². The number of halogens is 2. The molecule has 0 saturated carbocycles. The van der Waals surface area contributed by atoms with E-state index in [9.17, 15) is 5.11 Å². The topological polar surface area (TPSA) is 33.1 Å². The number of aliphatic hydroxyl groups excluding tert-OH is 1. The molecule has 2 aromatic heterocycles. The maximum absolute atomic E-state index is 10.1. The molecule has 0 fully saturated rings. The average molecular weight is 363 g/mol. The van der Waals surface area contributed by atoms with Crippen molar-refractivity contribution in [3.63, 3.8) is 0 Å². The molecule has 2 heterocycles. The number of hydrogen-bond acceptors (Lipinski definition) is 3. The van der Waals surface area contributed by atoms with E-state index in [1.165, 1.54) is 0 Å². The van der Waals surface area contributed by atoms with Crippen LogP contribution in [0.5, 0.6) is 0 Å². The minimum absolute atomic E-state index is 0.499. The molecule has 2 rings (SSSR count). The van der Waals surface area contributed by atoms with Crippen LogP contribution in [0.2, 0.25) is 0 Å². The number of thiophene rings is 1. The van der Waals surface area contributed by atoms with Crippen molar-refractivity contribution in [3.8, 4) is 0 Å². The summed E-state index contributed by atoms with van der Waals surface area (Å²) in [5, 5.41) is 10.1. The Labute approximate surface area is 115 Å². The molecule has 0 aliphatic heterocycles. The second kappa shape index (κ2) is 5.40. The molecule has 2 aromatic rings. The quantitative estimate of drug-likeness (QED) is 0.896. The third-order valence-electron chi connectivity index (χ3n) is 2.19. The van der Waals surface area contributed by atoms with Crippen LogP contribution >= 0.6 is 43.2 Å². The average Bonchev–Trinajstić information content (AvgIpc) is 2.59. The molecule has 1 atom stereocenters. The molecule has 0 amide bonds. The minimum atomic E-state index is -0.499. The summed E-state index contributed by atoms with van der Waals surface area (Å²) in [6, 6.07) is 5.78.